The van der Waals surface area contributed by atoms with Crippen LogP contribution in [-0.2, 0) is 36.9 Å². The second-order valence-electron chi connectivity index (χ2n) is 19.9. The molecule has 504 valence electrons. The predicted molar refractivity (Wildman–Crippen MR) is 366 cm³/mol. The highest BCUT2D eigenvalue weighted by molar-refractivity contribution is 6.00. The topological polar surface area (TPSA) is 506 Å². The molecule has 0 saturated carbocycles. The Kier molecular flexibility index (Phi) is 31.4. The highest BCUT2D eigenvalue weighted by atomic mass is 35.5. The largest absolute Gasteiger partial charge is 0.340 e. The summed E-state index contributed by atoms with van der Waals surface area (Å²) in [6.07, 6.45) is 18.9. The van der Waals surface area contributed by atoms with Crippen molar-refractivity contribution in [2.45, 2.75) is 64.8 Å². The summed E-state index contributed by atoms with van der Waals surface area (Å²) < 4.78 is 0. The number of H-pyrrole nitrogens is 5. The van der Waals surface area contributed by atoms with E-state index in [0.29, 0.717) is 150 Å². The maximum atomic E-state index is 12.0. The summed E-state index contributed by atoms with van der Waals surface area (Å²) in [4.78, 5) is 133. The first kappa shape index (κ1) is 74.0. The smallest absolute Gasteiger partial charge is 0.226 e. The van der Waals surface area contributed by atoms with Crippen molar-refractivity contribution in [3.63, 3.8) is 0 Å². The van der Waals surface area contributed by atoms with Crippen LogP contribution in [0.1, 0.15) is 63.0 Å². The number of imidazole rings is 5. The van der Waals surface area contributed by atoms with Gasteiger partial charge >= 0.3 is 0 Å². The van der Waals surface area contributed by atoms with Crippen molar-refractivity contribution in [3.05, 3.63) is 135 Å². The van der Waals surface area contributed by atoms with Gasteiger partial charge in [0.05, 0.1) is 31.6 Å². The Labute approximate surface area is 560 Å². The number of nitrogens with one attached hydrogen (secondary N) is 13. The van der Waals surface area contributed by atoms with Gasteiger partial charge in [0.1, 0.15) is 59.2 Å². The summed E-state index contributed by atoms with van der Waals surface area (Å²) in [5.74, 6) is 1.71. The number of halogens is 2. The lowest BCUT2D eigenvalue weighted by atomic mass is 10.1. The molecule has 0 unspecified atom stereocenters. The lowest BCUT2D eigenvalue weighted by molar-refractivity contribution is -0.117. The van der Waals surface area contributed by atoms with Crippen LogP contribution in [0.5, 0.6) is 0 Å². The molecule has 2 aromatic carbocycles. The minimum Gasteiger partial charge on any atom is -0.340 e. The predicted octanol–water partition coefficient (Wildman–Crippen LogP) is 4.18. The summed E-state index contributed by atoms with van der Waals surface area (Å²) in [6.45, 7) is 7.28. The fourth-order valence-corrected chi connectivity index (χ4v) is 8.40. The van der Waals surface area contributed by atoms with E-state index in [-0.39, 0.29) is 60.8 Å². The zero-order valence-corrected chi connectivity index (χ0v) is 53.7. The quantitative estimate of drug-likeness (QED) is 0.0338. The van der Waals surface area contributed by atoms with Gasteiger partial charge in [-0.15, -0.1) is 24.8 Å². The van der Waals surface area contributed by atoms with E-state index in [1.54, 1.807) is 0 Å². The first-order chi connectivity index (χ1) is 46.1. The van der Waals surface area contributed by atoms with Gasteiger partial charge in [0.25, 0.3) is 0 Å². The highest BCUT2D eigenvalue weighted by Crippen LogP contribution is 2.19. The average Bonchev–Trinajstić information content (AvgIpc) is 1.83. The van der Waals surface area contributed by atoms with Gasteiger partial charge in [-0.1, -0.05) is 67.6 Å². The number of nitrogens with two attached hydrogens (primary N) is 2. The molecule has 0 aliphatic heterocycles. The monoisotopic (exact) mass is 1350 g/mol. The maximum Gasteiger partial charge on any atom is 0.226 e. The van der Waals surface area contributed by atoms with Crippen molar-refractivity contribution >= 4 is 139 Å². The Morgan fingerprint density at radius 1 is 0.354 bits per heavy atom. The molecule has 37 heteroatoms. The second-order valence-corrected chi connectivity index (χ2v) is 19.9. The Morgan fingerprint density at radius 2 is 0.667 bits per heavy atom. The van der Waals surface area contributed by atoms with Crippen LogP contribution >= 0.6 is 24.8 Å². The molecule has 10 heterocycles. The fraction of sp³-hybridized carbons (Fsp3) is 0.288. The van der Waals surface area contributed by atoms with Crippen molar-refractivity contribution in [1.82, 2.24) is 116 Å². The van der Waals surface area contributed by atoms with Crippen molar-refractivity contribution in [2.75, 3.05) is 72.4 Å². The first-order valence-corrected chi connectivity index (χ1v) is 29.9. The number of fused-ring (bicyclic) bond motifs is 5. The molecule has 96 heavy (non-hydrogen) atoms. The summed E-state index contributed by atoms with van der Waals surface area (Å²) >= 11 is 0. The molecular weight excluding hydrogens is 1280 g/mol. The van der Waals surface area contributed by atoms with Crippen LogP contribution in [0.15, 0.2) is 124 Å². The van der Waals surface area contributed by atoms with Gasteiger partial charge in [0.2, 0.25) is 29.5 Å². The van der Waals surface area contributed by atoms with E-state index >= 15 is 0 Å². The van der Waals surface area contributed by atoms with Crippen LogP contribution in [0.3, 0.4) is 0 Å². The third-order valence-electron chi connectivity index (χ3n) is 13.0. The van der Waals surface area contributed by atoms with Crippen LogP contribution in [0.2, 0.25) is 0 Å². The number of benzene rings is 2. The molecule has 35 nitrogen and oxygen atoms in total. The number of amides is 5. The average molecular weight is 1350 g/mol. The zero-order chi connectivity index (χ0) is 66.0. The number of rotatable bonds is 26. The number of nitrogens with zero attached hydrogens (tertiary/aromatic N) is 15. The third-order valence-corrected chi connectivity index (χ3v) is 13.0. The van der Waals surface area contributed by atoms with E-state index in [4.69, 9.17) is 11.5 Å². The molecule has 17 N–H and O–H groups in total. The van der Waals surface area contributed by atoms with Crippen LogP contribution in [-0.4, -0.2) is 175 Å². The van der Waals surface area contributed by atoms with E-state index < -0.39 is 0 Å². The Balaban J connectivity index is 0.000000191. The molecule has 0 atom stereocenters. The Bertz CT molecular complexity index is 4280. The molecule has 0 aliphatic rings. The number of aromatic nitrogens is 20. The zero-order valence-electron chi connectivity index (χ0n) is 52.1. The molecular formula is C59H74Cl2N30O5. The number of carbonyl (C=O) groups is 5. The van der Waals surface area contributed by atoms with E-state index in [1.165, 1.54) is 74.4 Å². The first-order valence-electron chi connectivity index (χ1n) is 29.9. The fourth-order valence-electron chi connectivity index (χ4n) is 8.40. The summed E-state index contributed by atoms with van der Waals surface area (Å²) in [5, 5.41) is 23.3. The number of aromatic amines is 5. The molecule has 0 aliphatic carbocycles. The molecule has 0 radical (unpaired) electrons. The van der Waals surface area contributed by atoms with E-state index in [0.717, 1.165) is 32.5 Å². The van der Waals surface area contributed by atoms with Gasteiger partial charge in [-0.05, 0) is 50.0 Å². The summed E-state index contributed by atoms with van der Waals surface area (Å²) in [7, 11) is 0. The number of carbonyl (C=O) groups excluding carboxylic acids is 5. The van der Waals surface area contributed by atoms with Gasteiger partial charge in [-0.25, -0.2) is 74.8 Å². The Hall–Kier alpha value is -11.1. The molecule has 10 aromatic heterocycles. The normalized spacial score (nSPS) is 10.4. The van der Waals surface area contributed by atoms with Gasteiger partial charge in [-0.3, -0.25) is 24.0 Å². The standard InChI is InChI=1S/C16H18N6O.C15H16N6O.C11H16N6O.C9H12N6O.C8H10N6O.2ClH/c23-13(7-9-17-8-6-12-4-2-1-3-5-12)22-16-14-15(19-10-18-14)20-11-21-16;22-12(6-7-16-8-11-4-2-1-3-5-11)21-15-13-14(18-9-17-13)19-10-20-15;1-2-4-12-5-3-8(18)17-11-9-10(14-6-13-9)15-7-16-11;10-3-1-2-6(16)15-9-7-8(12-4-11-7)13-5-14-9;9-2-1-5(15)14-8-6-7(11-3-10-6)12-4-13-8;;/h1-5,10-11,17H,6-9H2,(H2,18,19,20,21,22,23);1-5,9-10,16H,6-8H2,(H2,17,18,19,20,21,22);6-7,12H,2-5H2,1H3,(H2,13,14,15,16,17,18);4-5H,1-3,10H2,(H2,11,12,13,14,15,16);3-4H,1-2,9H2,(H2,10,11,12,13,14,15);2*1H. The van der Waals surface area contributed by atoms with Crippen LogP contribution in [0.4, 0.5) is 29.1 Å². The second kappa shape index (κ2) is 40.8. The maximum absolute atomic E-state index is 12.0. The summed E-state index contributed by atoms with van der Waals surface area (Å²) in [5.41, 5.74) is 18.9. The number of anilines is 5. The lowest BCUT2D eigenvalue weighted by Gasteiger charge is -2.06. The van der Waals surface area contributed by atoms with Gasteiger partial charge < -0.3 is 78.9 Å². The molecule has 5 amide bonds. The summed E-state index contributed by atoms with van der Waals surface area (Å²) in [6, 6.07) is 20.3. The Morgan fingerprint density at radius 3 is 1.00 bits per heavy atom. The van der Waals surface area contributed by atoms with Crippen LogP contribution < -0.4 is 54.0 Å². The molecule has 0 fully saturated rings. The lowest BCUT2D eigenvalue weighted by Crippen LogP contribution is -2.24. The molecule has 12 aromatic rings. The minimum absolute atomic E-state index is 0. The molecule has 0 saturated heterocycles. The third kappa shape index (κ3) is 23.8. The van der Waals surface area contributed by atoms with Crippen LogP contribution in [0, 0.1) is 0 Å². The van der Waals surface area contributed by atoms with Gasteiger partial charge in [0, 0.05) is 64.8 Å². The minimum atomic E-state index is -0.174. The van der Waals surface area contributed by atoms with E-state index in [2.05, 4.69) is 161 Å². The van der Waals surface area contributed by atoms with Gasteiger partial charge in [-0.2, -0.15) is 0 Å². The highest BCUT2D eigenvalue weighted by Gasteiger charge is 2.14. The molecule has 0 bridgehead atoms. The van der Waals surface area contributed by atoms with Crippen molar-refractivity contribution in [3.8, 4) is 0 Å². The molecule has 12 rings (SSSR count). The van der Waals surface area contributed by atoms with Gasteiger partial charge in [0.15, 0.2) is 57.3 Å². The van der Waals surface area contributed by atoms with Crippen molar-refractivity contribution in [2.24, 2.45) is 11.5 Å². The SMILES string of the molecule is CCCNCCC(=O)Nc1ncnc2nc[nH]c12.Cl.Cl.NCCC(=O)Nc1ncnc2nc[nH]c12.NCCCC(=O)Nc1ncnc2nc[nH]c12.O=C(CCNCCc1ccccc1)Nc1ncnc2nc[nH]c12.O=C(CCNCc1ccccc1)Nc1ncnc2nc[nH]c12. The van der Waals surface area contributed by atoms with Crippen molar-refractivity contribution in [1.29, 1.82) is 0 Å². The van der Waals surface area contributed by atoms with E-state index in [9.17, 15) is 24.0 Å². The van der Waals surface area contributed by atoms with Crippen LogP contribution in [0.25, 0.3) is 55.8 Å². The molecule has 0 spiro atoms. The van der Waals surface area contributed by atoms with Crippen molar-refractivity contribution < 1.29 is 24.0 Å². The number of hydrogen-bond acceptors (Lipinski definition) is 25. The van der Waals surface area contributed by atoms with E-state index in [1.807, 2.05) is 48.5 Å². The number of hydrogen-bond donors (Lipinski definition) is 15.